The van der Waals surface area contributed by atoms with Gasteiger partial charge in [0.1, 0.15) is 6.10 Å². The summed E-state index contributed by atoms with van der Waals surface area (Å²) in [4.78, 5) is 32.7. The smallest absolute Gasteiger partial charge is 0.331 e. The van der Waals surface area contributed by atoms with Gasteiger partial charge in [-0.2, -0.15) is 0 Å². The van der Waals surface area contributed by atoms with Crippen molar-refractivity contribution in [2.75, 3.05) is 0 Å². The second-order valence-corrected chi connectivity index (χ2v) is 7.34. The highest BCUT2D eigenvalue weighted by atomic mass is 16.5. The Labute approximate surface area is 169 Å². The van der Waals surface area contributed by atoms with E-state index < -0.39 is 17.9 Å². The van der Waals surface area contributed by atoms with E-state index in [1.165, 1.54) is 6.42 Å². The van der Waals surface area contributed by atoms with Crippen LogP contribution in [-0.2, 0) is 19.1 Å². The molecule has 6 heteroatoms. The van der Waals surface area contributed by atoms with Crippen LogP contribution in [0.5, 0.6) is 0 Å². The predicted molar refractivity (Wildman–Crippen MR) is 109 cm³/mol. The SMILES string of the molecule is CCCCCCC(CCCCCCCCCCC(=O)O)OC(=O)/C=C\C(=O)O. The van der Waals surface area contributed by atoms with Crippen molar-refractivity contribution in [3.8, 4) is 0 Å². The van der Waals surface area contributed by atoms with Crippen LogP contribution in [0.4, 0.5) is 0 Å². The molecule has 2 N–H and O–H groups in total. The molecule has 0 saturated carbocycles. The summed E-state index contributed by atoms with van der Waals surface area (Å²) < 4.78 is 5.44. The average molecular weight is 399 g/mol. The van der Waals surface area contributed by atoms with E-state index in [1.807, 2.05) is 0 Å². The summed E-state index contributed by atoms with van der Waals surface area (Å²) in [6.07, 6.45) is 16.3. The van der Waals surface area contributed by atoms with Crippen molar-refractivity contribution in [2.45, 2.75) is 109 Å². The topological polar surface area (TPSA) is 101 Å². The van der Waals surface area contributed by atoms with Gasteiger partial charge in [-0.25, -0.2) is 9.59 Å². The first-order valence-corrected chi connectivity index (χ1v) is 10.8. The fraction of sp³-hybridized carbons (Fsp3) is 0.773. The van der Waals surface area contributed by atoms with Crippen LogP contribution in [0, 0.1) is 0 Å². The van der Waals surface area contributed by atoms with Crippen molar-refractivity contribution >= 4 is 17.9 Å². The Kier molecular flexibility index (Phi) is 17.3. The van der Waals surface area contributed by atoms with Crippen LogP contribution in [0.15, 0.2) is 12.2 Å². The molecular weight excluding hydrogens is 360 g/mol. The van der Waals surface area contributed by atoms with E-state index in [0.29, 0.717) is 0 Å². The van der Waals surface area contributed by atoms with Gasteiger partial charge in [-0.15, -0.1) is 0 Å². The molecule has 162 valence electrons. The molecule has 0 aliphatic carbocycles. The molecule has 0 spiro atoms. The number of carboxylic acids is 2. The second kappa shape index (κ2) is 18.5. The van der Waals surface area contributed by atoms with Gasteiger partial charge in [0.2, 0.25) is 0 Å². The van der Waals surface area contributed by atoms with Crippen LogP contribution in [0.1, 0.15) is 103 Å². The number of esters is 1. The lowest BCUT2D eigenvalue weighted by Gasteiger charge is -2.17. The van der Waals surface area contributed by atoms with E-state index in [-0.39, 0.29) is 12.5 Å². The summed E-state index contributed by atoms with van der Waals surface area (Å²) in [6, 6.07) is 0. The van der Waals surface area contributed by atoms with Crippen LogP contribution in [0.25, 0.3) is 0 Å². The van der Waals surface area contributed by atoms with E-state index in [9.17, 15) is 14.4 Å². The summed E-state index contributed by atoms with van der Waals surface area (Å²) >= 11 is 0. The van der Waals surface area contributed by atoms with Crippen molar-refractivity contribution in [3.63, 3.8) is 0 Å². The molecule has 0 radical (unpaired) electrons. The van der Waals surface area contributed by atoms with Crippen molar-refractivity contribution in [3.05, 3.63) is 12.2 Å². The predicted octanol–water partition coefficient (Wildman–Crippen LogP) is 5.50. The molecular formula is C22H38O6. The van der Waals surface area contributed by atoms with Gasteiger partial charge in [-0.1, -0.05) is 64.7 Å². The largest absolute Gasteiger partial charge is 0.481 e. The number of unbranched alkanes of at least 4 members (excludes halogenated alkanes) is 10. The van der Waals surface area contributed by atoms with Gasteiger partial charge < -0.3 is 14.9 Å². The highest BCUT2D eigenvalue weighted by Crippen LogP contribution is 2.17. The summed E-state index contributed by atoms with van der Waals surface area (Å²) in [5.41, 5.74) is 0. The average Bonchev–Trinajstić information content (AvgIpc) is 2.64. The lowest BCUT2D eigenvalue weighted by Crippen LogP contribution is -2.17. The lowest BCUT2D eigenvalue weighted by atomic mass is 10.0. The Balaban J connectivity index is 3.94. The molecule has 0 heterocycles. The van der Waals surface area contributed by atoms with Crippen LogP contribution in [0.3, 0.4) is 0 Å². The molecule has 0 aromatic carbocycles. The van der Waals surface area contributed by atoms with Crippen molar-refractivity contribution in [1.82, 2.24) is 0 Å². The molecule has 0 aliphatic heterocycles. The number of hydrogen-bond donors (Lipinski definition) is 2. The maximum Gasteiger partial charge on any atom is 0.331 e. The fourth-order valence-electron chi connectivity index (χ4n) is 3.11. The molecule has 1 unspecified atom stereocenters. The van der Waals surface area contributed by atoms with Crippen LogP contribution in [0.2, 0.25) is 0 Å². The fourth-order valence-corrected chi connectivity index (χ4v) is 3.11. The Bertz CT molecular complexity index is 458. The maximum atomic E-state index is 11.7. The van der Waals surface area contributed by atoms with Gasteiger partial charge >= 0.3 is 17.9 Å². The molecule has 0 aromatic rings. The molecule has 0 aromatic heterocycles. The first-order chi connectivity index (χ1) is 13.5. The van der Waals surface area contributed by atoms with Crippen molar-refractivity contribution < 1.29 is 29.3 Å². The monoisotopic (exact) mass is 398 g/mol. The van der Waals surface area contributed by atoms with Gasteiger partial charge in [0.15, 0.2) is 0 Å². The number of rotatable bonds is 19. The van der Waals surface area contributed by atoms with Gasteiger partial charge in [0, 0.05) is 18.6 Å². The zero-order chi connectivity index (χ0) is 21.0. The minimum absolute atomic E-state index is 0.140. The zero-order valence-electron chi connectivity index (χ0n) is 17.4. The van der Waals surface area contributed by atoms with Gasteiger partial charge in [0.25, 0.3) is 0 Å². The van der Waals surface area contributed by atoms with Crippen molar-refractivity contribution in [2.24, 2.45) is 0 Å². The Hall–Kier alpha value is -1.85. The quantitative estimate of drug-likeness (QED) is 0.169. The van der Waals surface area contributed by atoms with Crippen molar-refractivity contribution in [1.29, 1.82) is 0 Å². The third-order valence-electron chi connectivity index (χ3n) is 4.69. The van der Waals surface area contributed by atoms with Gasteiger partial charge in [-0.05, 0) is 32.1 Å². The Morgan fingerprint density at radius 2 is 1.25 bits per heavy atom. The lowest BCUT2D eigenvalue weighted by molar-refractivity contribution is -0.144. The maximum absolute atomic E-state index is 11.7. The molecule has 0 rings (SSSR count). The third-order valence-corrected chi connectivity index (χ3v) is 4.69. The van der Waals surface area contributed by atoms with Crippen LogP contribution in [-0.4, -0.2) is 34.2 Å². The zero-order valence-corrected chi connectivity index (χ0v) is 17.4. The Morgan fingerprint density at radius 1 is 0.750 bits per heavy atom. The molecule has 28 heavy (non-hydrogen) atoms. The van der Waals surface area contributed by atoms with E-state index in [0.717, 1.165) is 95.6 Å². The summed E-state index contributed by atoms with van der Waals surface area (Å²) in [7, 11) is 0. The Morgan fingerprint density at radius 3 is 1.75 bits per heavy atom. The highest BCUT2D eigenvalue weighted by molar-refractivity contribution is 5.90. The summed E-state index contributed by atoms with van der Waals surface area (Å²) in [6.45, 7) is 2.15. The number of carboxylic acid groups (broad SMARTS) is 2. The minimum Gasteiger partial charge on any atom is -0.481 e. The van der Waals surface area contributed by atoms with E-state index in [2.05, 4.69) is 6.92 Å². The summed E-state index contributed by atoms with van der Waals surface area (Å²) in [5, 5.41) is 17.2. The number of ether oxygens (including phenoxy) is 1. The molecule has 0 amide bonds. The standard InChI is InChI=1S/C22H38O6/c1-2-3-4-11-14-19(28-22(27)18-17-21(25)26)15-12-9-7-5-6-8-10-13-16-20(23)24/h17-19H,2-16H2,1H3,(H,23,24)(H,25,26)/b18-17-. The van der Waals surface area contributed by atoms with Crippen LogP contribution >= 0.6 is 0 Å². The van der Waals surface area contributed by atoms with E-state index >= 15 is 0 Å². The van der Waals surface area contributed by atoms with Gasteiger partial charge in [0.05, 0.1) is 0 Å². The first-order valence-electron chi connectivity index (χ1n) is 10.8. The number of carbonyl (C=O) groups excluding carboxylic acids is 1. The highest BCUT2D eigenvalue weighted by Gasteiger charge is 2.13. The molecule has 0 fully saturated rings. The third kappa shape index (κ3) is 18.9. The molecule has 0 saturated heterocycles. The van der Waals surface area contributed by atoms with Gasteiger partial charge in [-0.3, -0.25) is 4.79 Å². The number of aliphatic carboxylic acids is 2. The molecule has 0 aliphatic rings. The molecule has 6 nitrogen and oxygen atoms in total. The number of carbonyl (C=O) groups is 3. The van der Waals surface area contributed by atoms with E-state index in [1.54, 1.807) is 0 Å². The van der Waals surface area contributed by atoms with Crippen LogP contribution < -0.4 is 0 Å². The molecule has 0 bridgehead atoms. The normalized spacial score (nSPS) is 12.2. The number of hydrogen-bond acceptors (Lipinski definition) is 4. The molecule has 1 atom stereocenters. The minimum atomic E-state index is -1.15. The first kappa shape index (κ1) is 26.1. The second-order valence-electron chi connectivity index (χ2n) is 7.34. The van der Waals surface area contributed by atoms with E-state index in [4.69, 9.17) is 14.9 Å². The summed E-state index contributed by atoms with van der Waals surface area (Å²) in [5.74, 6) is -2.45.